The summed E-state index contributed by atoms with van der Waals surface area (Å²) < 4.78 is 5.68. The van der Waals surface area contributed by atoms with Crippen molar-refractivity contribution in [3.8, 4) is 0 Å². The molecule has 0 fully saturated rings. The maximum atomic E-state index is 5.68. The van der Waals surface area contributed by atoms with E-state index in [0.29, 0.717) is 17.8 Å². The molecule has 4 heteroatoms. The van der Waals surface area contributed by atoms with Gasteiger partial charge in [0.1, 0.15) is 0 Å². The van der Waals surface area contributed by atoms with Crippen LogP contribution in [-0.4, -0.2) is 6.61 Å². The summed E-state index contributed by atoms with van der Waals surface area (Å²) in [7, 11) is 0. The molecule has 2 unspecified atom stereocenters. The number of benzene rings is 2. The Hall–Kier alpha value is -0.657. The second kappa shape index (κ2) is 8.63. The molecule has 2 aromatic rings. The summed E-state index contributed by atoms with van der Waals surface area (Å²) in [5.41, 5.74) is 5.60. The fourth-order valence-electron chi connectivity index (χ4n) is 3.83. The molecular formula is C20H17Cl2OZr. The van der Waals surface area contributed by atoms with E-state index in [9.17, 15) is 0 Å². The van der Waals surface area contributed by atoms with Gasteiger partial charge < -0.3 is 24.8 Å². The average molecular weight is 435 g/mol. The van der Waals surface area contributed by atoms with Crippen LogP contribution in [-0.2, 0) is 28.0 Å². The quantitative estimate of drug-likeness (QED) is 0.581. The molecule has 0 radical (unpaired) electrons. The van der Waals surface area contributed by atoms with E-state index in [1.54, 1.807) is 0 Å². The van der Waals surface area contributed by atoms with E-state index in [4.69, 9.17) is 2.81 Å². The van der Waals surface area contributed by atoms with Gasteiger partial charge in [0.05, 0.1) is 0 Å². The summed E-state index contributed by atoms with van der Waals surface area (Å²) in [6.45, 7) is 0.811. The van der Waals surface area contributed by atoms with Gasteiger partial charge in [-0.3, -0.25) is 0 Å². The molecule has 121 valence electrons. The summed E-state index contributed by atoms with van der Waals surface area (Å²) in [5, 5.41) is 0. The van der Waals surface area contributed by atoms with Crippen molar-refractivity contribution in [2.45, 2.75) is 11.8 Å². The molecule has 0 heterocycles. The van der Waals surface area contributed by atoms with Gasteiger partial charge in [0.15, 0.2) is 0 Å². The van der Waals surface area contributed by atoms with Crippen molar-refractivity contribution in [3.05, 3.63) is 82.9 Å². The fourth-order valence-corrected chi connectivity index (χ4v) is 4.30. The Morgan fingerprint density at radius 2 is 1.25 bits per heavy atom. The minimum atomic E-state index is 0. The molecule has 0 bridgehead atoms. The average Bonchev–Trinajstić information content (AvgIpc) is 3.17. The maximum absolute atomic E-state index is 5.68. The predicted molar refractivity (Wildman–Crippen MR) is 85.9 cm³/mol. The summed E-state index contributed by atoms with van der Waals surface area (Å²) in [6, 6.07) is 17.5. The number of hydrogen-bond donors (Lipinski definition) is 0. The first-order valence-corrected chi connectivity index (χ1v) is 8.71. The van der Waals surface area contributed by atoms with Crippen molar-refractivity contribution >= 4 is 12.2 Å². The van der Waals surface area contributed by atoms with Crippen molar-refractivity contribution < 1.29 is 52.8 Å². The Morgan fingerprint density at radius 3 is 1.71 bits per heavy atom. The third-order valence-corrected chi connectivity index (χ3v) is 5.28. The normalized spacial score (nSPS) is 20.8. The number of allylic oxidation sites excluding steroid dienone is 2. The third kappa shape index (κ3) is 3.49. The van der Waals surface area contributed by atoms with E-state index in [1.165, 1.54) is 22.3 Å². The van der Waals surface area contributed by atoms with Gasteiger partial charge in [-0.1, -0.05) is 0 Å². The number of hydrogen-bond acceptors (Lipinski definition) is 1. The van der Waals surface area contributed by atoms with Gasteiger partial charge in [0.2, 0.25) is 0 Å². The van der Waals surface area contributed by atoms with E-state index in [-0.39, 0.29) is 24.8 Å². The summed E-state index contributed by atoms with van der Waals surface area (Å²) >= 11 is 1.15. The van der Waals surface area contributed by atoms with Crippen molar-refractivity contribution in [2.24, 2.45) is 5.92 Å². The molecule has 4 rings (SSSR count). The van der Waals surface area contributed by atoms with Gasteiger partial charge in [-0.25, -0.2) is 0 Å². The molecule has 2 aliphatic rings. The van der Waals surface area contributed by atoms with Gasteiger partial charge in [-0.15, -0.1) is 0 Å². The van der Waals surface area contributed by atoms with Gasteiger partial charge in [-0.05, 0) is 0 Å². The molecule has 0 saturated heterocycles. The predicted octanol–water partition coefficient (Wildman–Crippen LogP) is -1.29. The van der Waals surface area contributed by atoms with Gasteiger partial charge in [0.25, 0.3) is 0 Å². The molecule has 0 spiro atoms. The molecule has 0 N–H and O–H groups in total. The van der Waals surface area contributed by atoms with E-state index in [2.05, 4.69) is 72.8 Å². The van der Waals surface area contributed by atoms with Crippen molar-refractivity contribution in [1.82, 2.24) is 0 Å². The van der Waals surface area contributed by atoms with Crippen LogP contribution in [0.1, 0.15) is 34.1 Å². The standard InChI is InChI=1S/C20H17O.2ClH.Zr/c21-13-20(18-11-9-14-5-1-3-7-16(14)18)19-12-10-15-6-2-4-8-17(15)19;;;/h1-12,18-20H,13H2;2*1H;/q-1;;;+3/p-2. The Labute approximate surface area is 171 Å². The fraction of sp³-hybridized carbons (Fsp3) is 0.200. The molecule has 0 aliphatic heterocycles. The van der Waals surface area contributed by atoms with Crippen LogP contribution in [0.4, 0.5) is 0 Å². The van der Waals surface area contributed by atoms with E-state index < -0.39 is 0 Å². The zero-order valence-electron chi connectivity index (χ0n) is 13.0. The second-order valence-electron chi connectivity index (χ2n) is 6.00. The van der Waals surface area contributed by atoms with E-state index >= 15 is 0 Å². The molecule has 2 aromatic carbocycles. The molecule has 0 aromatic heterocycles. The molecule has 2 aliphatic carbocycles. The first-order chi connectivity index (χ1) is 10.9. The molecular weight excluding hydrogens is 418 g/mol. The Kier molecular flexibility index (Phi) is 7.07. The van der Waals surface area contributed by atoms with E-state index in [0.717, 1.165) is 31.8 Å². The number of rotatable bonds is 4. The van der Waals surface area contributed by atoms with Crippen molar-refractivity contribution in [2.75, 3.05) is 6.61 Å². The zero-order chi connectivity index (χ0) is 14.9. The van der Waals surface area contributed by atoms with Crippen molar-refractivity contribution in [3.63, 3.8) is 0 Å². The summed E-state index contributed by atoms with van der Waals surface area (Å²) in [5.74, 6) is 1.34. The first kappa shape index (κ1) is 19.7. The van der Waals surface area contributed by atoms with Crippen LogP contribution in [0, 0.1) is 5.92 Å². The Morgan fingerprint density at radius 1 is 0.792 bits per heavy atom. The topological polar surface area (TPSA) is 9.23 Å². The summed E-state index contributed by atoms with van der Waals surface area (Å²) in [6.07, 6.45) is 9.25. The molecule has 2 atom stereocenters. The van der Waals surface area contributed by atoms with E-state index in [1.807, 2.05) is 0 Å². The van der Waals surface area contributed by atoms with Gasteiger partial charge in [-0.2, -0.15) is 0 Å². The van der Waals surface area contributed by atoms with Crippen LogP contribution in [0.25, 0.3) is 12.2 Å². The second-order valence-corrected chi connectivity index (χ2v) is 6.71. The van der Waals surface area contributed by atoms with Gasteiger partial charge >= 0.3 is 147 Å². The van der Waals surface area contributed by atoms with Crippen LogP contribution < -0.4 is 24.8 Å². The number of halogens is 2. The third-order valence-electron chi connectivity index (χ3n) is 4.87. The van der Waals surface area contributed by atoms with Gasteiger partial charge in [0, 0.05) is 0 Å². The Balaban J connectivity index is 0.00000104. The SMILES string of the molecule is [Cl-].[Cl-].[Zr+2][O]CC(C1C=Cc2ccccc21)C1C=Cc2ccccc21. The first-order valence-electron chi connectivity index (χ1n) is 7.71. The van der Waals surface area contributed by atoms with Crippen LogP contribution in [0.2, 0.25) is 0 Å². The minimum absolute atomic E-state index is 0. The molecule has 0 amide bonds. The molecule has 0 saturated carbocycles. The molecule has 1 nitrogen and oxygen atoms in total. The van der Waals surface area contributed by atoms with Crippen LogP contribution in [0.15, 0.2) is 60.7 Å². The number of fused-ring (bicyclic) bond motifs is 2. The van der Waals surface area contributed by atoms with Crippen LogP contribution >= 0.6 is 0 Å². The summed E-state index contributed by atoms with van der Waals surface area (Å²) in [4.78, 5) is 0. The van der Waals surface area contributed by atoms with Crippen molar-refractivity contribution in [1.29, 1.82) is 0 Å². The van der Waals surface area contributed by atoms with Crippen LogP contribution in [0.3, 0.4) is 0 Å². The molecule has 24 heavy (non-hydrogen) atoms. The Bertz CT molecular complexity index is 695. The monoisotopic (exact) mass is 433 g/mol. The zero-order valence-corrected chi connectivity index (χ0v) is 17.0. The van der Waals surface area contributed by atoms with Crippen LogP contribution in [0.5, 0.6) is 0 Å².